The van der Waals surface area contributed by atoms with E-state index in [1.165, 1.54) is 18.2 Å². The number of nitrogens with one attached hydrogen (secondary N) is 1. The molecule has 1 N–H and O–H groups in total. The van der Waals surface area contributed by atoms with E-state index in [1.54, 1.807) is 11.8 Å². The van der Waals surface area contributed by atoms with Crippen molar-refractivity contribution in [2.75, 3.05) is 30.1 Å². The molecule has 0 aromatic heterocycles. The first kappa shape index (κ1) is 17.8. The number of para-hydroxylation sites is 1. The Balaban J connectivity index is 2.81. The number of nitro benzene ring substituents is 1. The second kappa shape index (κ2) is 8.23. The molecule has 0 spiro atoms. The summed E-state index contributed by atoms with van der Waals surface area (Å²) in [6.45, 7) is 0.586. The molecule has 8 heteroatoms. The third-order valence-electron chi connectivity index (χ3n) is 2.92. The molecule has 0 heterocycles. The average molecular weight is 332 g/mol. The van der Waals surface area contributed by atoms with Gasteiger partial charge in [0.25, 0.3) is 0 Å². The number of anilines is 1. The lowest BCUT2D eigenvalue weighted by molar-refractivity contribution is -0.386. The topological polar surface area (TPSA) is 89.3 Å². The van der Waals surface area contributed by atoms with Crippen LogP contribution in [0.2, 0.25) is 0 Å². The van der Waals surface area contributed by atoms with Crippen LogP contribution in [-0.4, -0.2) is 38.2 Å². The van der Waals surface area contributed by atoms with Crippen LogP contribution in [0.4, 0.5) is 11.4 Å². The highest BCUT2D eigenvalue weighted by Crippen LogP contribution is 2.31. The summed E-state index contributed by atoms with van der Waals surface area (Å²) in [5, 5.41) is 14.1. The molecule has 0 saturated carbocycles. The number of thioether (sulfide) groups is 1. The summed E-state index contributed by atoms with van der Waals surface area (Å²) in [5.74, 6) is 1.10. The monoisotopic (exact) mass is 332 g/mol. The summed E-state index contributed by atoms with van der Waals surface area (Å²) in [6, 6.07) is 4.31. The zero-order chi connectivity index (χ0) is 15.9. The van der Waals surface area contributed by atoms with Crippen molar-refractivity contribution >= 4 is 33.0 Å². The lowest BCUT2D eigenvalue weighted by atomic mass is 10.2. The van der Waals surface area contributed by atoms with Gasteiger partial charge in [0.2, 0.25) is 0 Å². The highest BCUT2D eigenvalue weighted by atomic mass is 32.2. The van der Waals surface area contributed by atoms with Crippen LogP contribution in [0.25, 0.3) is 0 Å². The number of rotatable bonds is 9. The Labute approximate surface area is 129 Å². The van der Waals surface area contributed by atoms with Gasteiger partial charge in [-0.05, 0) is 37.0 Å². The van der Waals surface area contributed by atoms with Crippen molar-refractivity contribution in [2.24, 2.45) is 0 Å². The van der Waals surface area contributed by atoms with Gasteiger partial charge >= 0.3 is 5.69 Å². The molecule has 21 heavy (non-hydrogen) atoms. The Bertz CT molecular complexity index is 588. The van der Waals surface area contributed by atoms with Crippen molar-refractivity contribution in [3.8, 4) is 0 Å². The van der Waals surface area contributed by atoms with E-state index in [0.29, 0.717) is 6.54 Å². The molecule has 0 atom stereocenters. The summed E-state index contributed by atoms with van der Waals surface area (Å²) in [6.07, 6.45) is 6.06. The van der Waals surface area contributed by atoms with E-state index in [9.17, 15) is 18.5 Å². The van der Waals surface area contributed by atoms with Crippen LogP contribution in [0.5, 0.6) is 0 Å². The van der Waals surface area contributed by atoms with Crippen molar-refractivity contribution < 1.29 is 13.3 Å². The van der Waals surface area contributed by atoms with Gasteiger partial charge in [0, 0.05) is 12.8 Å². The fourth-order valence-corrected chi connectivity index (χ4v) is 3.28. The molecule has 0 saturated heterocycles. The number of hydrogen-bond acceptors (Lipinski definition) is 6. The molecule has 0 aliphatic rings. The van der Waals surface area contributed by atoms with Gasteiger partial charge in [-0.25, -0.2) is 8.42 Å². The molecule has 1 aromatic rings. The van der Waals surface area contributed by atoms with Crippen LogP contribution in [0, 0.1) is 10.1 Å². The maximum atomic E-state index is 11.6. The number of sulfone groups is 1. The van der Waals surface area contributed by atoms with Crippen molar-refractivity contribution in [1.29, 1.82) is 0 Å². The summed E-state index contributed by atoms with van der Waals surface area (Å²) in [4.78, 5) is 10.3. The van der Waals surface area contributed by atoms with Crippen LogP contribution in [-0.2, 0) is 9.84 Å². The molecule has 1 aromatic carbocycles. The number of nitro groups is 1. The zero-order valence-electron chi connectivity index (χ0n) is 12.2. The van der Waals surface area contributed by atoms with E-state index in [4.69, 9.17) is 0 Å². The standard InChI is InChI=1S/C13H20N2O4S2/c1-20-10-5-3-4-9-14-11-7-6-8-12(21(2,18)19)13(11)15(16)17/h6-8,14H,3-5,9-10H2,1-2H3. The minimum absolute atomic E-state index is 0.250. The van der Waals surface area contributed by atoms with Crippen molar-refractivity contribution in [3.05, 3.63) is 28.3 Å². The summed E-state index contributed by atoms with van der Waals surface area (Å²) < 4.78 is 23.2. The second-order valence-electron chi connectivity index (χ2n) is 4.66. The largest absolute Gasteiger partial charge is 0.379 e. The molecule has 0 aliphatic carbocycles. The Morgan fingerprint density at radius 3 is 2.57 bits per heavy atom. The van der Waals surface area contributed by atoms with Crippen LogP contribution in [0.1, 0.15) is 19.3 Å². The predicted molar refractivity (Wildman–Crippen MR) is 86.9 cm³/mol. The fraction of sp³-hybridized carbons (Fsp3) is 0.538. The molecule has 0 radical (unpaired) electrons. The molecule has 0 aliphatic heterocycles. The van der Waals surface area contributed by atoms with E-state index >= 15 is 0 Å². The van der Waals surface area contributed by atoms with E-state index in [0.717, 1.165) is 31.3 Å². The second-order valence-corrected chi connectivity index (χ2v) is 7.63. The molecule has 0 amide bonds. The summed E-state index contributed by atoms with van der Waals surface area (Å²) in [5.41, 5.74) is -0.114. The molecule has 0 unspecified atom stereocenters. The van der Waals surface area contributed by atoms with Gasteiger partial charge in [-0.3, -0.25) is 10.1 Å². The van der Waals surface area contributed by atoms with Crippen LogP contribution in [0.3, 0.4) is 0 Å². The summed E-state index contributed by atoms with van der Waals surface area (Å²) in [7, 11) is -3.63. The van der Waals surface area contributed by atoms with Crippen molar-refractivity contribution in [1.82, 2.24) is 0 Å². The first-order chi connectivity index (χ1) is 9.88. The van der Waals surface area contributed by atoms with E-state index in [2.05, 4.69) is 11.6 Å². The fourth-order valence-electron chi connectivity index (χ4n) is 1.92. The van der Waals surface area contributed by atoms with Gasteiger partial charge in [-0.1, -0.05) is 12.5 Å². The molecular weight excluding hydrogens is 312 g/mol. The maximum Gasteiger partial charge on any atom is 0.310 e. The highest BCUT2D eigenvalue weighted by molar-refractivity contribution is 7.98. The zero-order valence-corrected chi connectivity index (χ0v) is 13.8. The SMILES string of the molecule is CSCCCCCNc1cccc(S(C)(=O)=O)c1[N+](=O)[O-]. The predicted octanol–water partition coefficient (Wildman–Crippen LogP) is 2.94. The van der Waals surface area contributed by atoms with Gasteiger partial charge in [-0.15, -0.1) is 0 Å². The smallest absolute Gasteiger partial charge is 0.310 e. The Hall–Kier alpha value is -1.28. The lowest BCUT2D eigenvalue weighted by Gasteiger charge is -2.09. The van der Waals surface area contributed by atoms with Gasteiger partial charge in [0.15, 0.2) is 9.84 Å². The normalized spacial score (nSPS) is 11.3. The Morgan fingerprint density at radius 2 is 2.00 bits per heavy atom. The van der Waals surface area contributed by atoms with Gasteiger partial charge in [0.05, 0.1) is 4.92 Å². The molecule has 0 fully saturated rings. The van der Waals surface area contributed by atoms with Crippen LogP contribution < -0.4 is 5.32 Å². The van der Waals surface area contributed by atoms with Crippen LogP contribution in [0.15, 0.2) is 23.1 Å². The maximum absolute atomic E-state index is 11.6. The minimum atomic E-state index is -3.63. The molecule has 118 valence electrons. The lowest BCUT2D eigenvalue weighted by Crippen LogP contribution is -2.08. The number of benzene rings is 1. The Kier molecular flexibility index (Phi) is 6.97. The molecule has 1 rings (SSSR count). The number of hydrogen-bond donors (Lipinski definition) is 1. The third kappa shape index (κ3) is 5.55. The van der Waals surface area contributed by atoms with Gasteiger partial charge in [-0.2, -0.15) is 11.8 Å². The highest BCUT2D eigenvalue weighted by Gasteiger charge is 2.25. The van der Waals surface area contributed by atoms with E-state index in [1.807, 2.05) is 0 Å². The number of nitrogens with zero attached hydrogens (tertiary/aromatic N) is 1. The molecule has 0 bridgehead atoms. The third-order valence-corrected chi connectivity index (χ3v) is 4.75. The first-order valence-electron chi connectivity index (χ1n) is 6.58. The molecular formula is C13H20N2O4S2. The Morgan fingerprint density at radius 1 is 1.29 bits per heavy atom. The van der Waals surface area contributed by atoms with Crippen LogP contribution >= 0.6 is 11.8 Å². The van der Waals surface area contributed by atoms with Crippen molar-refractivity contribution in [3.63, 3.8) is 0 Å². The van der Waals surface area contributed by atoms with Crippen molar-refractivity contribution in [2.45, 2.75) is 24.2 Å². The van der Waals surface area contributed by atoms with Gasteiger partial charge in [0.1, 0.15) is 10.6 Å². The summed E-state index contributed by atoms with van der Waals surface area (Å²) >= 11 is 1.79. The first-order valence-corrected chi connectivity index (χ1v) is 9.86. The number of unbranched alkanes of at least 4 members (excludes halogenated alkanes) is 2. The van der Waals surface area contributed by atoms with E-state index < -0.39 is 14.8 Å². The molecule has 6 nitrogen and oxygen atoms in total. The van der Waals surface area contributed by atoms with E-state index in [-0.39, 0.29) is 16.3 Å². The quantitative estimate of drug-likeness (QED) is 0.425. The van der Waals surface area contributed by atoms with Gasteiger partial charge < -0.3 is 5.32 Å². The minimum Gasteiger partial charge on any atom is -0.379 e. The average Bonchev–Trinajstić information content (AvgIpc) is 2.41.